The van der Waals surface area contributed by atoms with Crippen LogP contribution in [0.1, 0.15) is 33.9 Å². The Morgan fingerprint density at radius 3 is 2.62 bits per heavy atom. The van der Waals surface area contributed by atoms with Crippen LogP contribution < -0.4 is 21.0 Å². The Labute approximate surface area is 210 Å². The molecule has 3 heterocycles. The van der Waals surface area contributed by atoms with Crippen molar-refractivity contribution < 1.29 is 41.4 Å². The molecule has 37 heavy (non-hydrogen) atoms. The molecular weight excluding hydrogens is 517 g/mol. The molecule has 0 bridgehead atoms. The Morgan fingerprint density at radius 2 is 1.97 bits per heavy atom. The van der Waals surface area contributed by atoms with Crippen LogP contribution in [0.25, 0.3) is 0 Å². The number of nitrogens with one attached hydrogen (secondary N) is 1. The highest BCUT2D eigenvalue weighted by molar-refractivity contribution is 7.52. The standard InChI is InChI=1S/C22H27F2N4O8P/c1-12(2)33-17(29)13(3)27-37(31,36-14-8-6-5-7-9-14)32-11-22-18(34-22)21(4,24)19(35-22)28-10-15(23)16(25)26-20(28)30/h5-10,12-13,18-19H,11H2,1-4H3,(H,27,31)(H2,25,26,30)/t13-,18?,19+,21?,22?,37-/m0/s1. The minimum Gasteiger partial charge on any atom is -0.462 e. The van der Waals surface area contributed by atoms with E-state index in [1.54, 1.807) is 32.0 Å². The second kappa shape index (κ2) is 9.76. The number of fused-ring (bicyclic) bond motifs is 1. The summed E-state index contributed by atoms with van der Waals surface area (Å²) in [7, 11) is -4.31. The zero-order valence-corrected chi connectivity index (χ0v) is 21.3. The zero-order valence-electron chi connectivity index (χ0n) is 20.4. The number of benzene rings is 1. The lowest BCUT2D eigenvalue weighted by atomic mass is 10.0. The molecule has 2 aliphatic heterocycles. The van der Waals surface area contributed by atoms with E-state index in [0.717, 1.165) is 6.92 Å². The number of alkyl halides is 1. The van der Waals surface area contributed by atoms with Crippen molar-refractivity contribution >= 4 is 19.5 Å². The van der Waals surface area contributed by atoms with Gasteiger partial charge in [0.25, 0.3) is 0 Å². The molecule has 2 fully saturated rings. The molecule has 2 aliphatic rings. The molecule has 1 aromatic heterocycles. The van der Waals surface area contributed by atoms with Gasteiger partial charge in [0.15, 0.2) is 29.6 Å². The lowest BCUT2D eigenvalue weighted by molar-refractivity contribution is -0.172. The topological polar surface area (TPSA) is 157 Å². The number of nitrogens with zero attached hydrogens (tertiary/aromatic N) is 2. The lowest BCUT2D eigenvalue weighted by Gasteiger charge is -2.27. The molecule has 3 N–H and O–H groups in total. The third-order valence-corrected chi connectivity index (χ3v) is 7.24. The van der Waals surface area contributed by atoms with Gasteiger partial charge >= 0.3 is 19.4 Å². The van der Waals surface area contributed by atoms with Crippen LogP contribution in [0.5, 0.6) is 5.75 Å². The summed E-state index contributed by atoms with van der Waals surface area (Å²) in [6.07, 6.45) is -2.65. The monoisotopic (exact) mass is 544 g/mol. The zero-order chi connectivity index (χ0) is 27.2. The molecular formula is C22H27F2N4O8P. The van der Waals surface area contributed by atoms with E-state index in [4.69, 9.17) is 29.0 Å². The van der Waals surface area contributed by atoms with Gasteiger partial charge in [0, 0.05) is 0 Å². The molecule has 6 atom stereocenters. The Kier molecular flexibility index (Phi) is 7.16. The van der Waals surface area contributed by atoms with Crippen LogP contribution in [0, 0.1) is 5.82 Å². The summed E-state index contributed by atoms with van der Waals surface area (Å²) < 4.78 is 71.1. The molecule has 2 aromatic rings. The predicted molar refractivity (Wildman–Crippen MR) is 125 cm³/mol. The van der Waals surface area contributed by atoms with Crippen LogP contribution in [0.3, 0.4) is 0 Å². The van der Waals surface area contributed by atoms with E-state index in [9.17, 15) is 18.5 Å². The number of rotatable bonds is 10. The summed E-state index contributed by atoms with van der Waals surface area (Å²) in [5, 5.41) is 2.50. The summed E-state index contributed by atoms with van der Waals surface area (Å²) in [4.78, 5) is 27.9. The summed E-state index contributed by atoms with van der Waals surface area (Å²) in [6.45, 7) is 5.18. The fraction of sp³-hybridized carbons (Fsp3) is 0.500. The minimum atomic E-state index is -4.31. The molecule has 0 spiro atoms. The molecule has 3 unspecified atom stereocenters. The number of para-hydroxylation sites is 1. The van der Waals surface area contributed by atoms with Gasteiger partial charge in [0.2, 0.25) is 5.79 Å². The number of halogens is 2. The highest BCUT2D eigenvalue weighted by Gasteiger charge is 2.77. The second-order valence-corrected chi connectivity index (χ2v) is 10.8. The van der Waals surface area contributed by atoms with Gasteiger partial charge in [-0.3, -0.25) is 13.9 Å². The van der Waals surface area contributed by atoms with Crippen LogP contribution in [-0.2, 0) is 28.1 Å². The third-order valence-electron chi connectivity index (χ3n) is 5.61. The smallest absolute Gasteiger partial charge is 0.459 e. The van der Waals surface area contributed by atoms with E-state index in [-0.39, 0.29) is 5.75 Å². The van der Waals surface area contributed by atoms with E-state index in [1.165, 1.54) is 19.1 Å². The lowest BCUT2D eigenvalue weighted by Crippen LogP contribution is -2.40. The van der Waals surface area contributed by atoms with Crippen molar-refractivity contribution in [3.63, 3.8) is 0 Å². The number of hydrogen-bond acceptors (Lipinski definition) is 10. The number of ether oxygens (including phenoxy) is 3. The number of hydrogen-bond donors (Lipinski definition) is 2. The quantitative estimate of drug-likeness (QED) is 0.257. The molecule has 2 saturated heterocycles. The highest BCUT2D eigenvalue weighted by Crippen LogP contribution is 2.60. The van der Waals surface area contributed by atoms with Crippen molar-refractivity contribution in [2.75, 3.05) is 12.3 Å². The maximum absolute atomic E-state index is 15.6. The van der Waals surface area contributed by atoms with Crippen molar-refractivity contribution in [3.8, 4) is 5.75 Å². The van der Waals surface area contributed by atoms with E-state index < -0.39 is 73.6 Å². The van der Waals surface area contributed by atoms with E-state index in [2.05, 4.69) is 10.1 Å². The molecule has 0 saturated carbocycles. The van der Waals surface area contributed by atoms with Gasteiger partial charge in [-0.25, -0.2) is 18.1 Å². The maximum Gasteiger partial charge on any atom is 0.459 e. The molecule has 0 aliphatic carbocycles. The maximum atomic E-state index is 15.6. The van der Waals surface area contributed by atoms with Crippen molar-refractivity contribution in [2.24, 2.45) is 0 Å². The molecule has 0 radical (unpaired) electrons. The number of aromatic nitrogens is 2. The van der Waals surface area contributed by atoms with Crippen molar-refractivity contribution in [1.82, 2.24) is 14.6 Å². The van der Waals surface area contributed by atoms with Crippen LogP contribution >= 0.6 is 7.75 Å². The summed E-state index contributed by atoms with van der Waals surface area (Å²) >= 11 is 0. The van der Waals surface area contributed by atoms with Gasteiger partial charge in [0.05, 0.1) is 12.3 Å². The van der Waals surface area contributed by atoms with Crippen molar-refractivity contribution in [1.29, 1.82) is 0 Å². The first-order valence-corrected chi connectivity index (χ1v) is 12.9. The van der Waals surface area contributed by atoms with Gasteiger partial charge in [-0.15, -0.1) is 0 Å². The number of nitrogens with two attached hydrogens (primary N) is 1. The highest BCUT2D eigenvalue weighted by atomic mass is 31.2. The SMILES string of the molecule is CC(C)OC(=O)[C@H](C)N[P@](=O)(OCC12OC1C(C)(F)[C@H](n1cc(F)c(N)nc1=O)O2)Oc1ccccc1. The largest absolute Gasteiger partial charge is 0.462 e. The molecule has 12 nitrogen and oxygen atoms in total. The fourth-order valence-corrected chi connectivity index (χ4v) is 5.35. The van der Waals surface area contributed by atoms with Crippen LogP contribution in [0.15, 0.2) is 41.3 Å². The molecule has 1 aromatic carbocycles. The number of carbonyl (C=O) groups excluding carboxylic acids is 1. The van der Waals surface area contributed by atoms with Gasteiger partial charge < -0.3 is 24.5 Å². The van der Waals surface area contributed by atoms with E-state index in [0.29, 0.717) is 10.8 Å². The number of nitrogen functional groups attached to an aromatic ring is 1. The Hall–Kier alpha value is -2.90. The molecule has 4 rings (SSSR count). The van der Waals surface area contributed by atoms with E-state index in [1.807, 2.05) is 0 Å². The average Bonchev–Trinajstić information content (AvgIpc) is 3.49. The van der Waals surface area contributed by atoms with Crippen molar-refractivity contribution in [2.45, 2.75) is 63.6 Å². The summed E-state index contributed by atoms with van der Waals surface area (Å²) in [6, 6.07) is 6.88. The first-order valence-electron chi connectivity index (χ1n) is 11.3. The molecule has 202 valence electrons. The van der Waals surface area contributed by atoms with Crippen LogP contribution in [-0.4, -0.2) is 51.8 Å². The first kappa shape index (κ1) is 27.1. The Bertz CT molecular complexity index is 1280. The Morgan fingerprint density at radius 1 is 1.30 bits per heavy atom. The fourth-order valence-electron chi connectivity index (χ4n) is 3.84. The number of epoxide rings is 1. The van der Waals surface area contributed by atoms with Gasteiger partial charge in [0.1, 0.15) is 18.4 Å². The Balaban J connectivity index is 1.54. The predicted octanol–water partition coefficient (Wildman–Crippen LogP) is 2.45. The average molecular weight is 544 g/mol. The van der Waals surface area contributed by atoms with Crippen LogP contribution in [0.4, 0.5) is 14.6 Å². The summed E-state index contributed by atoms with van der Waals surface area (Å²) in [5.74, 6) is -4.01. The van der Waals surface area contributed by atoms with Crippen molar-refractivity contribution in [3.05, 3.63) is 52.8 Å². The summed E-state index contributed by atoms with van der Waals surface area (Å²) in [5.41, 5.74) is 1.93. The van der Waals surface area contributed by atoms with Gasteiger partial charge in [-0.2, -0.15) is 10.1 Å². The normalized spacial score (nSPS) is 28.8. The van der Waals surface area contributed by atoms with Gasteiger partial charge in [-0.05, 0) is 39.8 Å². The third kappa shape index (κ3) is 5.53. The van der Waals surface area contributed by atoms with E-state index >= 15 is 4.39 Å². The first-order chi connectivity index (χ1) is 17.3. The van der Waals surface area contributed by atoms with Gasteiger partial charge in [-0.1, -0.05) is 18.2 Å². The number of anilines is 1. The number of carbonyl (C=O) groups is 1. The number of esters is 1. The minimum absolute atomic E-state index is 0.157. The molecule has 0 amide bonds. The molecule has 15 heteroatoms. The van der Waals surface area contributed by atoms with Crippen LogP contribution in [0.2, 0.25) is 0 Å². The second-order valence-electron chi connectivity index (χ2n) is 9.11.